The molecule has 0 atom stereocenters. The van der Waals surface area contributed by atoms with E-state index < -0.39 is 0 Å². The predicted octanol–water partition coefficient (Wildman–Crippen LogP) is 1.06. The summed E-state index contributed by atoms with van der Waals surface area (Å²) < 4.78 is 4.56. The molecule has 3 heteroatoms. The topological polar surface area (TPSA) is 26.3 Å². The molecule has 0 unspecified atom stereocenters. The van der Waals surface area contributed by atoms with Crippen molar-refractivity contribution in [1.82, 2.24) is 0 Å². The minimum absolute atomic E-state index is 0.312. The summed E-state index contributed by atoms with van der Waals surface area (Å²) in [5, 5.41) is 0. The van der Waals surface area contributed by atoms with Gasteiger partial charge in [-0.15, -0.1) is 0 Å². The Morgan fingerprint density at radius 1 is 1.60 bits per heavy atom. The minimum atomic E-state index is -0.312. The second-order valence-corrected chi connectivity index (χ2v) is 1.50. The fourth-order valence-corrected chi connectivity index (χ4v) is 0.254. The molecule has 0 N–H and O–H groups in total. The first-order valence-corrected chi connectivity index (χ1v) is 5.51. The van der Waals surface area contributed by atoms with Gasteiger partial charge >= 0.3 is 33.2 Å². The number of carbonyl (C=O) groups excluding carboxylic acids is 1. The molecule has 0 rings (SSSR count). The Hall–Kier alpha value is -0.000390. The van der Waals surface area contributed by atoms with Gasteiger partial charge < -0.3 is 4.74 Å². The van der Waals surface area contributed by atoms with Gasteiger partial charge in [0.25, 0.3) is 0 Å². The van der Waals surface area contributed by atoms with E-state index in [1.807, 2.05) is 0 Å². The molecule has 0 aliphatic heterocycles. The Labute approximate surface area is 75.5 Å². The van der Waals surface area contributed by atoms with Crippen molar-refractivity contribution >= 4 is 28.3 Å². The van der Waals surface area contributed by atoms with Crippen molar-refractivity contribution in [2.24, 2.45) is 0 Å². The quantitative estimate of drug-likeness (QED) is 0.420. The second-order valence-electron chi connectivity index (χ2n) is 1.50. The van der Waals surface area contributed by atoms with Gasteiger partial charge in [0, 0.05) is 5.57 Å². The molecule has 0 aromatic rings. The van der Waals surface area contributed by atoms with Crippen molar-refractivity contribution in [3.63, 3.8) is 0 Å². The SMILES string of the molecule is C=C(C)C(=O)OCC.C[TeH]. The summed E-state index contributed by atoms with van der Waals surface area (Å²) in [4.78, 5) is 12.5. The van der Waals surface area contributed by atoms with E-state index in [0.29, 0.717) is 12.2 Å². The number of rotatable bonds is 2. The standard InChI is InChI=1S/C6H10O2.CH4Te/c1-4-8-6(7)5(2)3;1-2/h2,4H2,1,3H3;2H,1H3. The second kappa shape index (κ2) is 9.00. The van der Waals surface area contributed by atoms with E-state index in [1.54, 1.807) is 36.1 Å². The third-order valence-corrected chi connectivity index (χ3v) is 0.624. The van der Waals surface area contributed by atoms with Crippen LogP contribution in [-0.4, -0.2) is 34.9 Å². The molecule has 0 amide bonds. The first-order chi connectivity index (χ1) is 4.68. The van der Waals surface area contributed by atoms with Crippen molar-refractivity contribution in [2.75, 3.05) is 6.61 Å². The zero-order chi connectivity index (χ0) is 8.57. The van der Waals surface area contributed by atoms with Crippen LogP contribution in [0.2, 0.25) is 4.97 Å². The molecule has 0 spiro atoms. The fourth-order valence-electron chi connectivity index (χ4n) is 0.254. The van der Waals surface area contributed by atoms with Crippen molar-refractivity contribution in [2.45, 2.75) is 18.8 Å². The first kappa shape index (κ1) is 12.7. The van der Waals surface area contributed by atoms with Crippen LogP contribution in [0.4, 0.5) is 0 Å². The van der Waals surface area contributed by atoms with E-state index in [2.05, 4.69) is 16.3 Å². The molecule has 2 nitrogen and oxygen atoms in total. The Balaban J connectivity index is 0. The van der Waals surface area contributed by atoms with Gasteiger partial charge in [-0.05, 0) is 13.8 Å². The van der Waals surface area contributed by atoms with Crippen molar-refractivity contribution in [3.8, 4) is 0 Å². The molecular weight excluding hydrogens is 244 g/mol. The number of carbonyl (C=O) groups is 1. The molecule has 0 aromatic carbocycles. The Morgan fingerprint density at radius 3 is 2.10 bits per heavy atom. The molecule has 0 saturated carbocycles. The molecule has 0 heterocycles. The van der Waals surface area contributed by atoms with Gasteiger partial charge in [-0.2, -0.15) is 0 Å². The summed E-state index contributed by atoms with van der Waals surface area (Å²) in [5.41, 5.74) is 0.451. The average Bonchev–Trinajstić information content (AvgIpc) is 1.93. The Morgan fingerprint density at radius 2 is 2.00 bits per heavy atom. The summed E-state index contributed by atoms with van der Waals surface area (Å²) in [6, 6.07) is 0. The van der Waals surface area contributed by atoms with Crippen LogP contribution >= 0.6 is 0 Å². The van der Waals surface area contributed by atoms with Gasteiger partial charge in [0.2, 0.25) is 0 Å². The van der Waals surface area contributed by atoms with Gasteiger partial charge in [-0.1, -0.05) is 6.58 Å². The molecule has 0 aliphatic rings. The molecule has 0 bridgehead atoms. The van der Waals surface area contributed by atoms with E-state index in [-0.39, 0.29) is 5.97 Å². The molecule has 10 heavy (non-hydrogen) atoms. The molecular formula is C7H14O2Te. The van der Waals surface area contributed by atoms with Crippen LogP contribution in [0.25, 0.3) is 0 Å². The molecule has 0 saturated heterocycles. The van der Waals surface area contributed by atoms with Gasteiger partial charge in [0.1, 0.15) is 0 Å². The van der Waals surface area contributed by atoms with Gasteiger partial charge in [-0.25, -0.2) is 4.79 Å². The van der Waals surface area contributed by atoms with Crippen LogP contribution in [0.3, 0.4) is 0 Å². The normalized spacial score (nSPS) is 7.20. The Bertz CT molecular complexity index is 110. The monoisotopic (exact) mass is 260 g/mol. The Kier molecular flexibility index (Phi) is 11.4. The molecule has 0 fully saturated rings. The summed E-state index contributed by atoms with van der Waals surface area (Å²) in [6.07, 6.45) is 0. The summed E-state index contributed by atoms with van der Waals surface area (Å²) in [7, 11) is 0. The summed E-state index contributed by atoms with van der Waals surface area (Å²) >= 11 is 1.75. The molecule has 0 aliphatic carbocycles. The fraction of sp³-hybridized carbons (Fsp3) is 0.571. The number of hydrogen-bond donors (Lipinski definition) is 0. The van der Waals surface area contributed by atoms with Crippen LogP contribution in [-0.2, 0) is 9.53 Å². The zero-order valence-corrected chi connectivity index (χ0v) is 9.23. The van der Waals surface area contributed by atoms with E-state index in [9.17, 15) is 4.79 Å². The third-order valence-electron chi connectivity index (χ3n) is 0.624. The number of ether oxygens (including phenoxy) is 1. The number of esters is 1. The van der Waals surface area contributed by atoms with E-state index >= 15 is 0 Å². The zero-order valence-electron chi connectivity index (χ0n) is 6.68. The van der Waals surface area contributed by atoms with E-state index in [4.69, 9.17) is 0 Å². The van der Waals surface area contributed by atoms with E-state index in [0.717, 1.165) is 0 Å². The third kappa shape index (κ3) is 8.00. The molecule has 0 radical (unpaired) electrons. The summed E-state index contributed by atoms with van der Waals surface area (Å²) in [5.74, 6) is -0.312. The van der Waals surface area contributed by atoms with Gasteiger partial charge in [0.05, 0.1) is 6.61 Å². The predicted molar refractivity (Wildman–Crippen MR) is 44.5 cm³/mol. The van der Waals surface area contributed by atoms with E-state index in [1.165, 1.54) is 0 Å². The van der Waals surface area contributed by atoms with Crippen LogP contribution in [0, 0.1) is 0 Å². The van der Waals surface area contributed by atoms with Gasteiger partial charge in [0.15, 0.2) is 0 Å². The molecule has 0 aromatic heterocycles. The van der Waals surface area contributed by atoms with Crippen LogP contribution in [0.1, 0.15) is 13.8 Å². The maximum atomic E-state index is 10.4. The molecule has 60 valence electrons. The van der Waals surface area contributed by atoms with Crippen LogP contribution < -0.4 is 0 Å². The van der Waals surface area contributed by atoms with Crippen molar-refractivity contribution in [1.29, 1.82) is 0 Å². The number of hydrogen-bond acceptors (Lipinski definition) is 2. The summed E-state index contributed by atoms with van der Waals surface area (Å²) in [6.45, 7) is 7.21. The first-order valence-electron chi connectivity index (χ1n) is 2.95. The van der Waals surface area contributed by atoms with Crippen LogP contribution in [0.15, 0.2) is 12.2 Å². The van der Waals surface area contributed by atoms with Crippen molar-refractivity contribution in [3.05, 3.63) is 12.2 Å². The van der Waals surface area contributed by atoms with Crippen LogP contribution in [0.5, 0.6) is 0 Å². The van der Waals surface area contributed by atoms with Gasteiger partial charge in [-0.3, -0.25) is 0 Å². The average molecular weight is 258 g/mol. The van der Waals surface area contributed by atoms with Crippen molar-refractivity contribution < 1.29 is 9.53 Å². The maximum absolute atomic E-state index is 10.4.